The lowest BCUT2D eigenvalue weighted by atomic mass is 10.1. The number of hydrogen-bond acceptors (Lipinski definition) is 3. The molecule has 4 heteroatoms. The summed E-state index contributed by atoms with van der Waals surface area (Å²) < 4.78 is 5.79. The Kier molecular flexibility index (Phi) is 3.78. The standard InChI is InChI=1S/C21H16N2O2/c1-14-9-11-15(12-10-14)20(24)22-17-6-4-5-16(13-17)21-23-18-7-2-3-8-19(18)25-21/h2-13H,1H3,(H,22,24). The van der Waals surface area contributed by atoms with E-state index in [0.29, 0.717) is 17.1 Å². The number of benzene rings is 3. The van der Waals surface area contributed by atoms with Gasteiger partial charge in [0.1, 0.15) is 5.52 Å². The van der Waals surface area contributed by atoms with Gasteiger partial charge in [0.25, 0.3) is 5.91 Å². The van der Waals surface area contributed by atoms with Gasteiger partial charge in [0.2, 0.25) is 5.89 Å². The lowest BCUT2D eigenvalue weighted by molar-refractivity contribution is 0.102. The molecule has 4 aromatic rings. The number of para-hydroxylation sites is 2. The first-order chi connectivity index (χ1) is 12.2. The number of aromatic nitrogens is 1. The second-order valence-electron chi connectivity index (χ2n) is 5.89. The van der Waals surface area contributed by atoms with Crippen LogP contribution in [0.4, 0.5) is 5.69 Å². The first-order valence-electron chi connectivity index (χ1n) is 8.03. The third kappa shape index (κ3) is 3.15. The van der Waals surface area contributed by atoms with Crippen molar-refractivity contribution in [2.24, 2.45) is 0 Å². The fourth-order valence-corrected chi connectivity index (χ4v) is 2.63. The predicted octanol–water partition coefficient (Wildman–Crippen LogP) is 5.06. The van der Waals surface area contributed by atoms with Crippen LogP contribution in [0, 0.1) is 6.92 Å². The number of fused-ring (bicyclic) bond motifs is 1. The van der Waals surface area contributed by atoms with E-state index in [1.165, 1.54) is 0 Å². The van der Waals surface area contributed by atoms with Gasteiger partial charge in [-0.2, -0.15) is 0 Å². The first-order valence-corrected chi connectivity index (χ1v) is 8.03. The maximum absolute atomic E-state index is 12.4. The molecule has 0 fully saturated rings. The highest BCUT2D eigenvalue weighted by atomic mass is 16.3. The van der Waals surface area contributed by atoms with Crippen molar-refractivity contribution < 1.29 is 9.21 Å². The van der Waals surface area contributed by atoms with Crippen LogP contribution in [0.3, 0.4) is 0 Å². The SMILES string of the molecule is Cc1ccc(C(=O)Nc2cccc(-c3nc4ccccc4o3)c2)cc1. The summed E-state index contributed by atoms with van der Waals surface area (Å²) in [5, 5.41) is 2.91. The zero-order valence-corrected chi connectivity index (χ0v) is 13.7. The van der Waals surface area contributed by atoms with Crippen LogP contribution in [0.25, 0.3) is 22.6 Å². The molecule has 0 saturated heterocycles. The number of oxazole rings is 1. The molecule has 0 aliphatic rings. The average Bonchev–Trinajstić information content (AvgIpc) is 3.07. The van der Waals surface area contributed by atoms with E-state index in [2.05, 4.69) is 10.3 Å². The normalized spacial score (nSPS) is 10.8. The van der Waals surface area contributed by atoms with Crippen LogP contribution in [0.2, 0.25) is 0 Å². The molecule has 1 N–H and O–H groups in total. The topological polar surface area (TPSA) is 55.1 Å². The van der Waals surface area contributed by atoms with Gasteiger partial charge >= 0.3 is 0 Å². The summed E-state index contributed by atoms with van der Waals surface area (Å²) in [6.07, 6.45) is 0. The van der Waals surface area contributed by atoms with E-state index in [1.807, 2.05) is 79.7 Å². The lowest BCUT2D eigenvalue weighted by Gasteiger charge is -2.06. The summed E-state index contributed by atoms with van der Waals surface area (Å²) in [5.41, 5.74) is 4.81. The number of nitrogens with zero attached hydrogens (tertiary/aromatic N) is 1. The highest BCUT2D eigenvalue weighted by molar-refractivity contribution is 6.04. The van der Waals surface area contributed by atoms with Gasteiger partial charge in [0.15, 0.2) is 5.58 Å². The Hall–Kier alpha value is -3.40. The molecule has 0 bridgehead atoms. The zero-order chi connectivity index (χ0) is 17.2. The third-order valence-corrected chi connectivity index (χ3v) is 3.98. The molecule has 3 aromatic carbocycles. The summed E-state index contributed by atoms with van der Waals surface area (Å²) in [7, 11) is 0. The van der Waals surface area contributed by atoms with E-state index in [9.17, 15) is 4.79 Å². The summed E-state index contributed by atoms with van der Waals surface area (Å²) >= 11 is 0. The van der Waals surface area contributed by atoms with Crippen LogP contribution < -0.4 is 5.32 Å². The molecule has 0 atom stereocenters. The Morgan fingerprint density at radius 2 is 1.76 bits per heavy atom. The van der Waals surface area contributed by atoms with Gasteiger partial charge in [-0.05, 0) is 49.4 Å². The smallest absolute Gasteiger partial charge is 0.255 e. The number of anilines is 1. The van der Waals surface area contributed by atoms with Crippen molar-refractivity contribution in [2.45, 2.75) is 6.92 Å². The van der Waals surface area contributed by atoms with Gasteiger partial charge in [-0.15, -0.1) is 0 Å². The van der Waals surface area contributed by atoms with Crippen LogP contribution in [0.5, 0.6) is 0 Å². The molecule has 25 heavy (non-hydrogen) atoms. The summed E-state index contributed by atoms with van der Waals surface area (Å²) in [4.78, 5) is 16.9. The summed E-state index contributed by atoms with van der Waals surface area (Å²) in [6.45, 7) is 1.99. The van der Waals surface area contributed by atoms with Gasteiger partial charge in [-0.1, -0.05) is 35.9 Å². The molecule has 122 valence electrons. The minimum Gasteiger partial charge on any atom is -0.436 e. The molecular formula is C21H16N2O2. The van der Waals surface area contributed by atoms with Crippen LogP contribution >= 0.6 is 0 Å². The Morgan fingerprint density at radius 1 is 0.960 bits per heavy atom. The number of rotatable bonds is 3. The Balaban J connectivity index is 1.60. The fourth-order valence-electron chi connectivity index (χ4n) is 2.63. The van der Waals surface area contributed by atoms with Gasteiger partial charge in [0.05, 0.1) is 0 Å². The Bertz CT molecular complexity index is 1020. The van der Waals surface area contributed by atoms with E-state index in [1.54, 1.807) is 0 Å². The van der Waals surface area contributed by atoms with Crippen molar-refractivity contribution in [3.8, 4) is 11.5 Å². The van der Waals surface area contributed by atoms with Crippen molar-refractivity contribution in [3.05, 3.63) is 83.9 Å². The van der Waals surface area contributed by atoms with Gasteiger partial charge in [0, 0.05) is 16.8 Å². The average molecular weight is 328 g/mol. The molecule has 0 spiro atoms. The largest absolute Gasteiger partial charge is 0.436 e. The molecule has 4 rings (SSSR count). The predicted molar refractivity (Wildman–Crippen MR) is 98.6 cm³/mol. The van der Waals surface area contributed by atoms with Crippen LogP contribution in [-0.2, 0) is 0 Å². The van der Waals surface area contributed by atoms with Gasteiger partial charge in [-0.25, -0.2) is 4.98 Å². The number of aryl methyl sites for hydroxylation is 1. The van der Waals surface area contributed by atoms with Crippen LogP contribution in [-0.4, -0.2) is 10.9 Å². The fraction of sp³-hybridized carbons (Fsp3) is 0.0476. The molecule has 0 aliphatic heterocycles. The van der Waals surface area contributed by atoms with E-state index in [0.717, 1.165) is 22.2 Å². The van der Waals surface area contributed by atoms with Crippen molar-refractivity contribution in [3.63, 3.8) is 0 Å². The van der Waals surface area contributed by atoms with E-state index in [-0.39, 0.29) is 5.91 Å². The maximum atomic E-state index is 12.4. The molecule has 4 nitrogen and oxygen atoms in total. The molecule has 1 amide bonds. The van der Waals surface area contributed by atoms with E-state index >= 15 is 0 Å². The second kappa shape index (κ2) is 6.24. The molecule has 0 saturated carbocycles. The quantitative estimate of drug-likeness (QED) is 0.572. The monoisotopic (exact) mass is 328 g/mol. The molecule has 1 heterocycles. The third-order valence-electron chi connectivity index (χ3n) is 3.98. The minimum absolute atomic E-state index is 0.144. The second-order valence-corrected chi connectivity index (χ2v) is 5.89. The molecule has 0 radical (unpaired) electrons. The summed E-state index contributed by atoms with van der Waals surface area (Å²) in [6, 6.07) is 22.6. The van der Waals surface area contributed by atoms with Crippen LogP contribution in [0.1, 0.15) is 15.9 Å². The molecule has 1 aromatic heterocycles. The van der Waals surface area contributed by atoms with E-state index < -0.39 is 0 Å². The van der Waals surface area contributed by atoms with Crippen molar-refractivity contribution >= 4 is 22.7 Å². The number of hydrogen-bond donors (Lipinski definition) is 1. The molecule has 0 aliphatic carbocycles. The Labute approximate surface area is 145 Å². The van der Waals surface area contributed by atoms with E-state index in [4.69, 9.17) is 4.42 Å². The highest BCUT2D eigenvalue weighted by Gasteiger charge is 2.10. The number of carbonyl (C=O) groups excluding carboxylic acids is 1. The number of nitrogens with one attached hydrogen (secondary N) is 1. The minimum atomic E-state index is -0.144. The Morgan fingerprint density at radius 3 is 2.56 bits per heavy atom. The molecular weight excluding hydrogens is 312 g/mol. The maximum Gasteiger partial charge on any atom is 0.255 e. The van der Waals surface area contributed by atoms with Crippen molar-refractivity contribution in [1.29, 1.82) is 0 Å². The molecule has 0 unspecified atom stereocenters. The number of amides is 1. The lowest BCUT2D eigenvalue weighted by Crippen LogP contribution is -2.11. The van der Waals surface area contributed by atoms with Crippen LogP contribution in [0.15, 0.2) is 77.2 Å². The highest BCUT2D eigenvalue weighted by Crippen LogP contribution is 2.26. The number of carbonyl (C=O) groups is 1. The van der Waals surface area contributed by atoms with Gasteiger partial charge in [-0.3, -0.25) is 4.79 Å². The van der Waals surface area contributed by atoms with Gasteiger partial charge < -0.3 is 9.73 Å². The first kappa shape index (κ1) is 15.1. The summed E-state index contributed by atoms with van der Waals surface area (Å²) in [5.74, 6) is 0.391. The zero-order valence-electron chi connectivity index (χ0n) is 13.7. The van der Waals surface area contributed by atoms with Crippen molar-refractivity contribution in [2.75, 3.05) is 5.32 Å². The van der Waals surface area contributed by atoms with Crippen molar-refractivity contribution in [1.82, 2.24) is 4.98 Å².